The van der Waals surface area contributed by atoms with Crippen LogP contribution in [-0.4, -0.2) is 44.5 Å². The zero-order valence-corrected chi connectivity index (χ0v) is 18.6. The lowest BCUT2D eigenvalue weighted by molar-refractivity contribution is -0.137. The van der Waals surface area contributed by atoms with Crippen molar-refractivity contribution in [1.29, 1.82) is 0 Å². The minimum absolute atomic E-state index is 0.0208. The summed E-state index contributed by atoms with van der Waals surface area (Å²) >= 11 is 0. The average molecular weight is 464 g/mol. The summed E-state index contributed by atoms with van der Waals surface area (Å²) in [6.07, 6.45) is 1.04. The van der Waals surface area contributed by atoms with Gasteiger partial charge in [0.05, 0.1) is 11.2 Å². The summed E-state index contributed by atoms with van der Waals surface area (Å²) < 4.78 is 41.0. The Balaban J connectivity index is 1.36. The molecule has 4 saturated carbocycles. The number of anilines is 2. The van der Waals surface area contributed by atoms with Crippen molar-refractivity contribution < 1.29 is 23.1 Å². The van der Waals surface area contributed by atoms with Crippen LogP contribution >= 0.6 is 0 Å². The van der Waals surface area contributed by atoms with E-state index < -0.39 is 17.3 Å². The molecule has 1 amide bonds. The summed E-state index contributed by atoms with van der Waals surface area (Å²) in [6, 6.07) is 3.51. The second-order valence-corrected chi connectivity index (χ2v) is 9.86. The zero-order valence-electron chi connectivity index (χ0n) is 18.6. The van der Waals surface area contributed by atoms with E-state index in [1.54, 1.807) is 17.8 Å². The van der Waals surface area contributed by atoms with E-state index in [0.29, 0.717) is 18.3 Å². The van der Waals surface area contributed by atoms with E-state index in [-0.39, 0.29) is 35.3 Å². The first kappa shape index (κ1) is 22.2. The van der Waals surface area contributed by atoms with Gasteiger partial charge in [0.25, 0.3) is 5.91 Å². The molecule has 0 saturated heterocycles. The van der Waals surface area contributed by atoms with Crippen molar-refractivity contribution in [3.8, 4) is 0 Å². The summed E-state index contributed by atoms with van der Waals surface area (Å²) in [7, 11) is 1.60. The van der Waals surface area contributed by atoms with Crippen LogP contribution < -0.4 is 10.2 Å². The molecule has 0 spiro atoms. The van der Waals surface area contributed by atoms with Crippen molar-refractivity contribution in [1.82, 2.24) is 20.1 Å². The third kappa shape index (κ3) is 3.98. The lowest BCUT2D eigenvalue weighted by atomic mass is 9.52. The molecular weight excluding hydrogens is 435 g/mol. The van der Waals surface area contributed by atoms with Gasteiger partial charge in [-0.3, -0.25) is 4.79 Å². The Kier molecular flexibility index (Phi) is 5.19. The standard InChI is InChI=1S/C23H28F3N5O2/c1-3-31-19(30(2)18-8-16(4-5-27-18)23(24,25)26)9-17(29-31)21(32)28-20-14-6-13-7-15(20)12-22(33,10-13)11-14/h4-5,8-9,13-15,20,33H,3,6-7,10-12H2,1-2H3,(H,28,32). The number of hydrogen-bond acceptors (Lipinski definition) is 5. The molecule has 2 heterocycles. The lowest BCUT2D eigenvalue weighted by Crippen LogP contribution is -2.61. The highest BCUT2D eigenvalue weighted by atomic mass is 19.4. The molecule has 4 fully saturated rings. The van der Waals surface area contributed by atoms with Gasteiger partial charge in [-0.1, -0.05) is 0 Å². The second-order valence-electron chi connectivity index (χ2n) is 9.86. The third-order valence-corrected chi connectivity index (χ3v) is 7.59. The molecule has 2 aromatic heterocycles. The molecule has 0 aromatic carbocycles. The maximum absolute atomic E-state index is 13.1. The first-order valence-electron chi connectivity index (χ1n) is 11.4. The number of amides is 1. The summed E-state index contributed by atoms with van der Waals surface area (Å²) in [4.78, 5) is 18.7. The summed E-state index contributed by atoms with van der Waals surface area (Å²) in [5.74, 6) is 1.39. The van der Waals surface area contributed by atoms with E-state index >= 15 is 0 Å². The summed E-state index contributed by atoms with van der Waals surface area (Å²) in [5, 5.41) is 18.3. The van der Waals surface area contributed by atoms with Crippen LogP contribution in [0.15, 0.2) is 24.4 Å². The molecule has 0 radical (unpaired) electrons. The maximum Gasteiger partial charge on any atom is 0.416 e. The molecule has 2 N–H and O–H groups in total. The molecule has 2 aromatic rings. The molecule has 10 heteroatoms. The van der Waals surface area contributed by atoms with Gasteiger partial charge in [0.2, 0.25) is 0 Å². The number of nitrogens with one attached hydrogen (secondary N) is 1. The molecule has 7 nitrogen and oxygen atoms in total. The first-order valence-corrected chi connectivity index (χ1v) is 11.4. The Morgan fingerprint density at radius 3 is 2.58 bits per heavy atom. The van der Waals surface area contributed by atoms with Gasteiger partial charge in [-0.15, -0.1) is 0 Å². The minimum Gasteiger partial charge on any atom is -0.390 e. The number of carbonyl (C=O) groups is 1. The molecule has 4 aliphatic carbocycles. The fourth-order valence-corrected chi connectivity index (χ4v) is 6.36. The minimum atomic E-state index is -4.47. The van der Waals surface area contributed by atoms with Crippen LogP contribution in [-0.2, 0) is 12.7 Å². The summed E-state index contributed by atoms with van der Waals surface area (Å²) in [5.41, 5.74) is -1.14. The van der Waals surface area contributed by atoms with E-state index in [9.17, 15) is 23.1 Å². The van der Waals surface area contributed by atoms with Gasteiger partial charge < -0.3 is 15.3 Å². The van der Waals surface area contributed by atoms with Crippen molar-refractivity contribution in [3.63, 3.8) is 0 Å². The van der Waals surface area contributed by atoms with Crippen LogP contribution in [0.5, 0.6) is 0 Å². The van der Waals surface area contributed by atoms with E-state index in [0.717, 1.165) is 50.4 Å². The smallest absolute Gasteiger partial charge is 0.390 e. The van der Waals surface area contributed by atoms with Crippen molar-refractivity contribution in [2.24, 2.45) is 17.8 Å². The number of pyridine rings is 1. The number of aromatic nitrogens is 3. The first-order chi connectivity index (χ1) is 15.6. The Morgan fingerprint density at radius 2 is 1.97 bits per heavy atom. The van der Waals surface area contributed by atoms with Crippen LogP contribution in [0.25, 0.3) is 0 Å². The number of aryl methyl sites for hydroxylation is 1. The molecule has 4 bridgehead atoms. The fourth-order valence-electron chi connectivity index (χ4n) is 6.36. The van der Waals surface area contributed by atoms with Gasteiger partial charge in [0, 0.05) is 31.9 Å². The predicted octanol–water partition coefficient (Wildman–Crippen LogP) is 3.75. The molecule has 2 unspecified atom stereocenters. The number of halogens is 3. The molecule has 2 atom stereocenters. The molecular formula is C23H28F3N5O2. The maximum atomic E-state index is 13.1. The van der Waals surface area contributed by atoms with Crippen molar-refractivity contribution in [2.75, 3.05) is 11.9 Å². The Bertz CT molecular complexity index is 1050. The van der Waals surface area contributed by atoms with E-state index in [4.69, 9.17) is 0 Å². The van der Waals surface area contributed by atoms with Gasteiger partial charge in [0.1, 0.15) is 11.6 Å². The van der Waals surface area contributed by atoms with Gasteiger partial charge >= 0.3 is 6.18 Å². The normalized spacial score (nSPS) is 30.5. The number of nitrogens with zero attached hydrogens (tertiary/aromatic N) is 4. The molecule has 4 aliphatic rings. The second kappa shape index (κ2) is 7.72. The highest BCUT2D eigenvalue weighted by Gasteiger charge is 2.55. The van der Waals surface area contributed by atoms with E-state index in [1.165, 1.54) is 4.90 Å². The highest BCUT2D eigenvalue weighted by Crippen LogP contribution is 2.55. The molecule has 6 rings (SSSR count). The van der Waals surface area contributed by atoms with Crippen LogP contribution in [0.1, 0.15) is 55.1 Å². The molecule has 33 heavy (non-hydrogen) atoms. The molecule has 0 aliphatic heterocycles. The monoisotopic (exact) mass is 463 g/mol. The predicted molar refractivity (Wildman–Crippen MR) is 115 cm³/mol. The van der Waals surface area contributed by atoms with Gasteiger partial charge in [-0.05, 0) is 68.9 Å². The number of carbonyl (C=O) groups excluding carboxylic acids is 1. The number of rotatable bonds is 5. The average Bonchev–Trinajstić information content (AvgIpc) is 3.18. The lowest BCUT2D eigenvalue weighted by Gasteiger charge is -2.58. The van der Waals surface area contributed by atoms with Crippen molar-refractivity contribution in [3.05, 3.63) is 35.7 Å². The quantitative estimate of drug-likeness (QED) is 0.706. The third-order valence-electron chi connectivity index (χ3n) is 7.59. The highest BCUT2D eigenvalue weighted by molar-refractivity contribution is 5.93. The molecule has 178 valence electrons. The Labute approximate surface area is 190 Å². The van der Waals surface area contributed by atoms with Gasteiger partial charge in [0.15, 0.2) is 5.69 Å². The van der Waals surface area contributed by atoms with E-state index in [2.05, 4.69) is 15.4 Å². The number of aliphatic hydroxyl groups is 1. The van der Waals surface area contributed by atoms with Crippen LogP contribution in [0.4, 0.5) is 24.8 Å². The Hall–Kier alpha value is -2.62. The van der Waals surface area contributed by atoms with Crippen molar-refractivity contribution >= 4 is 17.5 Å². The Morgan fingerprint density at radius 1 is 1.27 bits per heavy atom. The van der Waals surface area contributed by atoms with Crippen LogP contribution in [0, 0.1) is 17.8 Å². The number of alkyl halides is 3. The largest absolute Gasteiger partial charge is 0.416 e. The fraction of sp³-hybridized carbons (Fsp3) is 0.609. The van der Waals surface area contributed by atoms with Gasteiger partial charge in [-0.2, -0.15) is 18.3 Å². The SMILES string of the molecule is CCn1nc(C(=O)NC2C3CC4CC2CC(O)(C4)C3)cc1N(C)c1cc(C(F)(F)F)ccn1. The van der Waals surface area contributed by atoms with Crippen LogP contribution in [0.3, 0.4) is 0 Å². The summed E-state index contributed by atoms with van der Waals surface area (Å²) in [6.45, 7) is 2.29. The van der Waals surface area contributed by atoms with Gasteiger partial charge in [-0.25, -0.2) is 9.67 Å². The zero-order chi connectivity index (χ0) is 23.5. The number of hydrogen-bond donors (Lipinski definition) is 2. The topological polar surface area (TPSA) is 83.3 Å². The van der Waals surface area contributed by atoms with Crippen LogP contribution in [0.2, 0.25) is 0 Å². The van der Waals surface area contributed by atoms with Crippen molar-refractivity contribution in [2.45, 2.75) is 63.4 Å². The van der Waals surface area contributed by atoms with E-state index in [1.807, 2.05) is 6.92 Å².